The Morgan fingerprint density at radius 1 is 0.655 bits per heavy atom. The summed E-state index contributed by atoms with van der Waals surface area (Å²) in [4.78, 5) is 31.7. The van der Waals surface area contributed by atoms with Crippen LogP contribution in [0.3, 0.4) is 0 Å². The Balaban J connectivity index is 0.000000141. The van der Waals surface area contributed by atoms with Crippen molar-refractivity contribution in [1.29, 1.82) is 0 Å². The van der Waals surface area contributed by atoms with Crippen LogP contribution in [-0.4, -0.2) is 23.6 Å². The lowest BCUT2D eigenvalue weighted by Crippen LogP contribution is -2.10. The highest BCUT2D eigenvalue weighted by atomic mass is 35.5. The molecule has 6 aliphatic rings. The molecule has 0 spiro atoms. The van der Waals surface area contributed by atoms with Crippen LogP contribution in [0.1, 0.15) is 118 Å². The number of hydrazone groups is 1. The molecule has 0 bridgehead atoms. The van der Waals surface area contributed by atoms with Crippen molar-refractivity contribution in [1.82, 2.24) is 5.43 Å². The largest absolute Gasteiger partial charge is 0.302 e. The van der Waals surface area contributed by atoms with Crippen LogP contribution in [0.4, 0.5) is 0 Å². The van der Waals surface area contributed by atoms with Crippen LogP contribution < -0.4 is 5.43 Å². The van der Waals surface area contributed by atoms with Crippen LogP contribution >= 0.6 is 46.4 Å². The Kier molecular flexibility index (Phi) is 17.2. The first-order chi connectivity index (χ1) is 27.6. The van der Waals surface area contributed by atoms with Gasteiger partial charge in [-0.3, -0.25) is 14.4 Å². The van der Waals surface area contributed by atoms with Gasteiger partial charge in [-0.25, -0.2) is 0 Å². The number of rotatable bonds is 9. The van der Waals surface area contributed by atoms with Crippen molar-refractivity contribution in [2.75, 3.05) is 0 Å². The Hall–Kier alpha value is -3.74. The molecule has 1 heterocycles. The molecule has 4 aromatic rings. The second-order valence-electron chi connectivity index (χ2n) is 15.7. The normalized spacial score (nSPS) is 21.0. The zero-order valence-corrected chi connectivity index (χ0v) is 35.3. The van der Waals surface area contributed by atoms with Gasteiger partial charge in [-0.05, 0) is 141 Å². The smallest absolute Gasteiger partial charge is 0.158 e. The lowest BCUT2D eigenvalue weighted by atomic mass is 10.0. The number of carbonyl (C=O) groups is 3. The van der Waals surface area contributed by atoms with Crippen LogP contribution in [-0.2, 0) is 9.59 Å². The monoisotopic (exact) mass is 858 g/mol. The van der Waals surface area contributed by atoms with E-state index in [0.29, 0.717) is 27.3 Å². The standard InChI is InChI=1S/C12H13ClN2.C12H11ClO.C12H13Cl.C7H5ClO.C5H8O.CH4/c13-10-4-2-1-3-9(10)12-7-11(14-15-12)8-5-6-8;13-11-4-2-1-3-9(11)7-8-12(14)10-5-6-10;13-12-4-2-1-3-9(12)11-7-10(11)8-5-6-8;8-7-4-2-1-3-6(7)5-9;1-4(6)5-2-3-5;/h1-4,8,12,15H,5-7H2;1-4,7-8,10H,5-6H2;1-4,8,10-11H,5-7H2;1-5H;5H,2-3H2,1H3;1H4/b;8-7+;;;;/t;;10?,11-;;;/m..1.../s1. The number of nitrogens with zero attached hydrogens (tertiary/aromatic N) is 1. The Morgan fingerprint density at radius 3 is 1.62 bits per heavy atom. The van der Waals surface area contributed by atoms with E-state index in [-0.39, 0.29) is 25.2 Å². The van der Waals surface area contributed by atoms with Gasteiger partial charge in [-0.1, -0.05) is 127 Å². The second kappa shape index (κ2) is 22.0. The predicted octanol–water partition coefficient (Wildman–Crippen LogP) is 14.1. The molecule has 0 radical (unpaired) electrons. The van der Waals surface area contributed by atoms with E-state index < -0.39 is 0 Å². The van der Waals surface area contributed by atoms with Crippen molar-refractivity contribution in [2.24, 2.45) is 34.7 Å². The van der Waals surface area contributed by atoms with Crippen LogP contribution in [0.2, 0.25) is 20.1 Å². The Labute approximate surface area is 364 Å². The maximum atomic E-state index is 11.4. The summed E-state index contributed by atoms with van der Waals surface area (Å²) in [6.45, 7) is 1.66. The summed E-state index contributed by atoms with van der Waals surface area (Å²) in [7, 11) is 0. The summed E-state index contributed by atoms with van der Waals surface area (Å²) >= 11 is 23.8. The zero-order chi connectivity index (χ0) is 40.3. The quantitative estimate of drug-likeness (QED) is 0.134. The molecule has 10 rings (SSSR count). The van der Waals surface area contributed by atoms with E-state index >= 15 is 0 Å². The van der Waals surface area contributed by atoms with Gasteiger partial charge in [0.2, 0.25) is 0 Å². The second-order valence-corrected chi connectivity index (χ2v) is 17.3. The van der Waals surface area contributed by atoms with Gasteiger partial charge in [0.15, 0.2) is 12.1 Å². The van der Waals surface area contributed by atoms with Crippen molar-refractivity contribution in [3.63, 3.8) is 0 Å². The van der Waals surface area contributed by atoms with Gasteiger partial charge in [0.05, 0.1) is 11.1 Å². The zero-order valence-electron chi connectivity index (χ0n) is 32.3. The molecule has 1 N–H and O–H groups in total. The third-order valence-electron chi connectivity index (χ3n) is 11.0. The lowest BCUT2D eigenvalue weighted by Gasteiger charge is -2.11. The fourth-order valence-corrected chi connectivity index (χ4v) is 7.74. The number of benzene rings is 4. The van der Waals surface area contributed by atoms with Crippen LogP contribution in [0.25, 0.3) is 6.08 Å². The van der Waals surface area contributed by atoms with Crippen molar-refractivity contribution < 1.29 is 14.4 Å². The molecule has 4 aromatic carbocycles. The van der Waals surface area contributed by atoms with Crippen molar-refractivity contribution in [3.05, 3.63) is 145 Å². The van der Waals surface area contributed by atoms with Gasteiger partial charge < -0.3 is 5.43 Å². The van der Waals surface area contributed by atoms with E-state index in [1.165, 1.54) is 48.9 Å². The minimum Gasteiger partial charge on any atom is -0.302 e. The number of Topliss-reactive ketones (excluding diaryl/α,β-unsaturated/α-hetero) is 1. The van der Waals surface area contributed by atoms with Crippen molar-refractivity contribution in [2.45, 2.75) is 90.5 Å². The highest BCUT2D eigenvalue weighted by Gasteiger charge is 2.48. The Bertz CT molecular complexity index is 2070. The number of aldehydes is 1. The topological polar surface area (TPSA) is 75.6 Å². The molecule has 306 valence electrons. The molecule has 0 saturated heterocycles. The molecular weight excluding hydrogens is 806 g/mol. The summed E-state index contributed by atoms with van der Waals surface area (Å²) in [6, 6.07) is 31.0. The molecule has 3 atom stereocenters. The fourth-order valence-electron chi connectivity index (χ4n) is 6.81. The molecule has 58 heavy (non-hydrogen) atoms. The first-order valence-corrected chi connectivity index (χ1v) is 21.6. The number of nitrogens with one attached hydrogen (secondary N) is 1. The highest BCUT2D eigenvalue weighted by Crippen LogP contribution is 2.60. The number of carbonyl (C=O) groups excluding carboxylic acids is 3. The fraction of sp³-hybridized carbons (Fsp3) is 0.388. The summed E-state index contributed by atoms with van der Waals surface area (Å²) in [5, 5.41) is 7.40. The predicted molar refractivity (Wildman–Crippen MR) is 242 cm³/mol. The summed E-state index contributed by atoms with van der Waals surface area (Å²) in [5.41, 5.74) is 8.52. The first kappa shape index (κ1) is 45.3. The van der Waals surface area contributed by atoms with E-state index in [1.54, 1.807) is 43.3 Å². The number of hydrogen-bond donors (Lipinski definition) is 1. The van der Waals surface area contributed by atoms with E-state index in [4.69, 9.17) is 46.4 Å². The average molecular weight is 861 g/mol. The van der Waals surface area contributed by atoms with Gasteiger partial charge >= 0.3 is 0 Å². The number of ketones is 2. The van der Waals surface area contributed by atoms with E-state index in [0.717, 1.165) is 77.7 Å². The maximum absolute atomic E-state index is 11.4. The summed E-state index contributed by atoms with van der Waals surface area (Å²) in [5.74, 6) is 4.91. The van der Waals surface area contributed by atoms with Gasteiger partial charge in [-0.15, -0.1) is 0 Å². The summed E-state index contributed by atoms with van der Waals surface area (Å²) < 4.78 is 0. The molecule has 9 heteroatoms. The van der Waals surface area contributed by atoms with Gasteiger partial charge in [-0.2, -0.15) is 5.10 Å². The van der Waals surface area contributed by atoms with Crippen molar-refractivity contribution >= 4 is 76.0 Å². The van der Waals surface area contributed by atoms with E-state index in [1.807, 2.05) is 54.6 Å². The minimum atomic E-state index is 0. The highest BCUT2D eigenvalue weighted by molar-refractivity contribution is 6.33. The number of halogens is 4. The van der Waals surface area contributed by atoms with Gasteiger partial charge in [0, 0.05) is 44.6 Å². The van der Waals surface area contributed by atoms with Crippen LogP contribution in [0.5, 0.6) is 0 Å². The molecule has 0 amide bonds. The van der Waals surface area contributed by atoms with E-state index in [2.05, 4.69) is 28.7 Å². The van der Waals surface area contributed by atoms with Crippen molar-refractivity contribution in [3.8, 4) is 0 Å². The van der Waals surface area contributed by atoms with Crippen LogP contribution in [0, 0.1) is 29.6 Å². The molecule has 1 aliphatic heterocycles. The maximum Gasteiger partial charge on any atom is 0.158 e. The number of hydrogen-bond acceptors (Lipinski definition) is 5. The molecule has 5 saturated carbocycles. The molecular formula is C49H54Cl4N2O3. The minimum absolute atomic E-state index is 0. The lowest BCUT2D eigenvalue weighted by molar-refractivity contribution is -0.118. The number of allylic oxidation sites excluding steroid dienone is 1. The summed E-state index contributed by atoms with van der Waals surface area (Å²) in [6.07, 6.45) is 16.5. The van der Waals surface area contributed by atoms with E-state index in [9.17, 15) is 14.4 Å². The molecule has 5 fully saturated rings. The first-order valence-electron chi connectivity index (χ1n) is 20.1. The molecule has 5 nitrogen and oxygen atoms in total. The molecule has 5 aliphatic carbocycles. The van der Waals surface area contributed by atoms with Gasteiger partial charge in [0.25, 0.3) is 0 Å². The van der Waals surface area contributed by atoms with Crippen LogP contribution in [0.15, 0.2) is 108 Å². The van der Waals surface area contributed by atoms with Gasteiger partial charge in [0.1, 0.15) is 5.78 Å². The molecule has 2 unspecified atom stereocenters. The third-order valence-corrected chi connectivity index (χ3v) is 12.4. The SMILES string of the molecule is C.CC(=O)C1CC1.Clc1ccccc1C1CC(C2CC2)=NN1.Clc1ccccc1[C@H]1CC1C1CC1.O=C(/C=C/c1ccccc1Cl)C1CC1.O=Cc1ccccc1Cl. The molecule has 0 aromatic heterocycles. The third kappa shape index (κ3) is 14.2. The average Bonchev–Trinajstić information content (AvgIpc) is 3.99. The Morgan fingerprint density at radius 2 is 1.17 bits per heavy atom.